The van der Waals surface area contributed by atoms with E-state index in [0.29, 0.717) is 23.1 Å². The third kappa shape index (κ3) is 1.90. The van der Waals surface area contributed by atoms with Gasteiger partial charge in [-0.05, 0) is 18.2 Å². The number of anilines is 1. The minimum absolute atomic E-state index is 0.445. The van der Waals surface area contributed by atoms with Crippen LogP contribution in [-0.2, 0) is 0 Å². The van der Waals surface area contributed by atoms with E-state index in [1.165, 1.54) is 11.3 Å². The van der Waals surface area contributed by atoms with Gasteiger partial charge in [-0.2, -0.15) is 4.98 Å². The third-order valence-corrected chi connectivity index (χ3v) is 2.81. The van der Waals surface area contributed by atoms with Gasteiger partial charge in [0.2, 0.25) is 5.82 Å². The topological polar surface area (TPSA) is 77.8 Å². The van der Waals surface area contributed by atoms with E-state index in [0.717, 1.165) is 5.56 Å². The minimum atomic E-state index is 0.445. The fraction of sp³-hybridized carbons (Fsp3) is 0. The summed E-state index contributed by atoms with van der Waals surface area (Å²) in [5.41, 5.74) is 9.61. The summed E-state index contributed by atoms with van der Waals surface area (Å²) < 4.78 is 5.18. The van der Waals surface area contributed by atoms with Crippen LogP contribution in [0.3, 0.4) is 0 Å². The Balaban J connectivity index is 2.01. The Bertz CT molecular complexity index is 632. The van der Waals surface area contributed by atoms with Crippen LogP contribution >= 0.6 is 11.3 Å². The summed E-state index contributed by atoms with van der Waals surface area (Å²) in [6.45, 7) is 0. The van der Waals surface area contributed by atoms with Crippen molar-refractivity contribution in [3.05, 3.63) is 35.2 Å². The van der Waals surface area contributed by atoms with E-state index >= 15 is 0 Å². The van der Waals surface area contributed by atoms with E-state index in [1.807, 2.05) is 17.5 Å². The van der Waals surface area contributed by atoms with E-state index < -0.39 is 0 Å². The van der Waals surface area contributed by atoms with Crippen LogP contribution in [0.15, 0.2) is 39.7 Å². The van der Waals surface area contributed by atoms with Gasteiger partial charge in [0, 0.05) is 16.6 Å². The maximum atomic E-state index is 5.70. The van der Waals surface area contributed by atoms with E-state index in [2.05, 4.69) is 15.1 Å². The molecule has 84 valence electrons. The summed E-state index contributed by atoms with van der Waals surface area (Å²) >= 11 is 1.49. The van der Waals surface area contributed by atoms with Crippen LogP contribution in [0.5, 0.6) is 0 Å². The monoisotopic (exact) mass is 244 g/mol. The highest BCUT2D eigenvalue weighted by molar-refractivity contribution is 7.07. The van der Waals surface area contributed by atoms with Crippen LogP contribution in [0.2, 0.25) is 0 Å². The van der Waals surface area contributed by atoms with Gasteiger partial charge in [-0.1, -0.05) is 11.2 Å². The fourth-order valence-corrected chi connectivity index (χ4v) is 1.97. The van der Waals surface area contributed by atoms with Gasteiger partial charge in [-0.15, -0.1) is 11.3 Å². The first-order valence-electron chi connectivity index (χ1n) is 4.91. The van der Waals surface area contributed by atoms with Crippen LogP contribution in [0.25, 0.3) is 23.0 Å². The highest BCUT2D eigenvalue weighted by atomic mass is 32.1. The molecule has 0 aliphatic rings. The second-order valence-electron chi connectivity index (χ2n) is 3.42. The minimum Gasteiger partial charge on any atom is -0.399 e. The Morgan fingerprint density at radius 3 is 3.00 bits per heavy atom. The first-order chi connectivity index (χ1) is 8.33. The summed E-state index contributed by atoms with van der Waals surface area (Å²) in [7, 11) is 0. The number of nitrogens with two attached hydrogens (primary N) is 1. The zero-order chi connectivity index (χ0) is 11.7. The molecule has 17 heavy (non-hydrogen) atoms. The molecule has 0 bridgehead atoms. The number of nitrogen functional groups attached to an aromatic ring is 1. The second-order valence-corrected chi connectivity index (χ2v) is 4.14. The van der Waals surface area contributed by atoms with Crippen molar-refractivity contribution in [2.45, 2.75) is 0 Å². The van der Waals surface area contributed by atoms with Gasteiger partial charge >= 0.3 is 0 Å². The molecule has 6 heteroatoms. The smallest absolute Gasteiger partial charge is 0.258 e. The number of hydrogen-bond donors (Lipinski definition) is 1. The lowest BCUT2D eigenvalue weighted by Gasteiger charge is -1.94. The van der Waals surface area contributed by atoms with Gasteiger partial charge in [-0.25, -0.2) is 4.98 Å². The Morgan fingerprint density at radius 1 is 1.29 bits per heavy atom. The normalized spacial score (nSPS) is 10.6. The molecule has 0 aliphatic carbocycles. The number of aromatic nitrogens is 3. The molecular weight excluding hydrogens is 236 g/mol. The first-order valence-corrected chi connectivity index (χ1v) is 5.85. The fourth-order valence-electron chi connectivity index (χ4n) is 1.44. The van der Waals surface area contributed by atoms with E-state index in [1.54, 1.807) is 17.6 Å². The number of thiazole rings is 1. The van der Waals surface area contributed by atoms with Crippen LogP contribution in [0, 0.1) is 0 Å². The molecule has 2 aromatic heterocycles. The molecule has 0 fully saturated rings. The Morgan fingerprint density at radius 2 is 2.24 bits per heavy atom. The van der Waals surface area contributed by atoms with Gasteiger partial charge < -0.3 is 10.3 Å². The van der Waals surface area contributed by atoms with Crippen molar-refractivity contribution in [1.82, 2.24) is 15.1 Å². The number of benzene rings is 1. The number of nitrogens with zero attached hydrogens (tertiary/aromatic N) is 3. The standard InChI is InChI=1S/C11H8N4OS/c12-8-3-1-2-7(4-8)11-14-10(15-16-11)9-5-17-6-13-9/h1-6H,12H2. The molecule has 0 saturated heterocycles. The maximum Gasteiger partial charge on any atom is 0.258 e. The van der Waals surface area contributed by atoms with Gasteiger partial charge in [0.05, 0.1) is 5.51 Å². The Kier molecular flexibility index (Phi) is 2.34. The van der Waals surface area contributed by atoms with Crippen molar-refractivity contribution in [2.24, 2.45) is 0 Å². The molecule has 0 spiro atoms. The lowest BCUT2D eigenvalue weighted by Crippen LogP contribution is -1.85. The quantitative estimate of drug-likeness (QED) is 0.700. The van der Waals surface area contributed by atoms with Crippen molar-refractivity contribution in [2.75, 3.05) is 5.73 Å². The number of hydrogen-bond acceptors (Lipinski definition) is 6. The zero-order valence-corrected chi connectivity index (χ0v) is 9.52. The van der Waals surface area contributed by atoms with E-state index in [4.69, 9.17) is 10.3 Å². The summed E-state index contributed by atoms with van der Waals surface area (Å²) in [6.07, 6.45) is 0. The molecular formula is C11H8N4OS. The summed E-state index contributed by atoms with van der Waals surface area (Å²) in [5, 5.41) is 5.75. The van der Waals surface area contributed by atoms with Gasteiger partial charge in [0.1, 0.15) is 5.69 Å². The van der Waals surface area contributed by atoms with Crippen molar-refractivity contribution in [3.63, 3.8) is 0 Å². The predicted octanol–water partition coefficient (Wildman–Crippen LogP) is 2.44. The molecule has 0 amide bonds. The Hall–Kier alpha value is -2.21. The molecule has 0 unspecified atom stereocenters. The SMILES string of the molecule is Nc1cccc(-c2nc(-c3cscn3)no2)c1. The molecule has 0 atom stereocenters. The molecule has 3 aromatic rings. The lowest BCUT2D eigenvalue weighted by molar-refractivity contribution is 0.432. The first kappa shape index (κ1) is 9.98. The van der Waals surface area contributed by atoms with Crippen molar-refractivity contribution < 1.29 is 4.52 Å². The molecule has 3 rings (SSSR count). The van der Waals surface area contributed by atoms with Crippen molar-refractivity contribution in [3.8, 4) is 23.0 Å². The van der Waals surface area contributed by atoms with Gasteiger partial charge in [0.15, 0.2) is 0 Å². The highest BCUT2D eigenvalue weighted by Gasteiger charge is 2.11. The zero-order valence-electron chi connectivity index (χ0n) is 8.70. The summed E-state index contributed by atoms with van der Waals surface area (Å²) in [4.78, 5) is 8.39. The second kappa shape index (κ2) is 3.99. The molecule has 0 aliphatic heterocycles. The molecule has 1 aromatic carbocycles. The van der Waals surface area contributed by atoms with Crippen LogP contribution < -0.4 is 5.73 Å². The summed E-state index contributed by atoms with van der Waals surface area (Å²) in [5.74, 6) is 0.934. The van der Waals surface area contributed by atoms with Crippen molar-refractivity contribution in [1.29, 1.82) is 0 Å². The van der Waals surface area contributed by atoms with E-state index in [-0.39, 0.29) is 0 Å². The lowest BCUT2D eigenvalue weighted by atomic mass is 10.2. The van der Waals surface area contributed by atoms with Crippen LogP contribution in [-0.4, -0.2) is 15.1 Å². The predicted molar refractivity (Wildman–Crippen MR) is 65.3 cm³/mol. The van der Waals surface area contributed by atoms with Crippen molar-refractivity contribution >= 4 is 17.0 Å². The average molecular weight is 244 g/mol. The summed E-state index contributed by atoms with van der Waals surface area (Å²) in [6, 6.07) is 7.31. The number of rotatable bonds is 2. The molecule has 2 heterocycles. The van der Waals surface area contributed by atoms with Crippen LogP contribution in [0.4, 0.5) is 5.69 Å². The largest absolute Gasteiger partial charge is 0.399 e. The van der Waals surface area contributed by atoms with Crippen LogP contribution in [0.1, 0.15) is 0 Å². The maximum absolute atomic E-state index is 5.70. The molecule has 2 N–H and O–H groups in total. The average Bonchev–Trinajstić information content (AvgIpc) is 3.00. The molecule has 0 radical (unpaired) electrons. The highest BCUT2D eigenvalue weighted by Crippen LogP contribution is 2.23. The van der Waals surface area contributed by atoms with E-state index in [9.17, 15) is 0 Å². The van der Waals surface area contributed by atoms with Gasteiger partial charge in [0.25, 0.3) is 5.89 Å². The molecule has 5 nitrogen and oxygen atoms in total. The van der Waals surface area contributed by atoms with Gasteiger partial charge in [-0.3, -0.25) is 0 Å². The molecule has 0 saturated carbocycles. The third-order valence-electron chi connectivity index (χ3n) is 2.22. The Labute approximate surface area is 101 Å².